The van der Waals surface area contributed by atoms with Crippen LogP contribution >= 0.6 is 0 Å². The highest BCUT2D eigenvalue weighted by atomic mass is 19.1. The monoisotopic (exact) mass is 503 g/mol. The van der Waals surface area contributed by atoms with Crippen LogP contribution in [0.5, 0.6) is 0 Å². The van der Waals surface area contributed by atoms with Crippen molar-refractivity contribution in [2.75, 3.05) is 0 Å². The van der Waals surface area contributed by atoms with Crippen LogP contribution in [0.1, 0.15) is 44.6 Å². The predicted molar refractivity (Wildman–Crippen MR) is 145 cm³/mol. The first-order valence-electron chi connectivity index (χ1n) is 11.9. The van der Waals surface area contributed by atoms with Crippen LogP contribution in [-0.4, -0.2) is 30.7 Å². The fourth-order valence-corrected chi connectivity index (χ4v) is 3.27. The molecular formula is C28H30FN5O3. The number of hydrogen-bond donors (Lipinski definition) is 3. The number of nitrogens with one attached hydrogen (secondary N) is 2. The normalized spacial score (nSPS) is 10.2. The van der Waals surface area contributed by atoms with Gasteiger partial charge in [-0.1, -0.05) is 52.0 Å². The molecule has 0 aliphatic carbocycles. The molecule has 0 bridgehead atoms. The molecule has 0 fully saturated rings. The van der Waals surface area contributed by atoms with Crippen molar-refractivity contribution in [1.82, 2.24) is 15.0 Å². The molecule has 0 aliphatic heterocycles. The molecule has 9 heteroatoms. The van der Waals surface area contributed by atoms with Crippen LogP contribution in [-0.2, 0) is 6.61 Å². The summed E-state index contributed by atoms with van der Waals surface area (Å²) in [6.45, 7) is 7.89. The fraction of sp³-hybridized carbons (Fsp3) is 0.179. The van der Waals surface area contributed by atoms with Gasteiger partial charge in [0.25, 0.3) is 0 Å². The molecule has 0 aliphatic rings. The number of aromatic nitrogens is 3. The summed E-state index contributed by atoms with van der Waals surface area (Å²) in [5.74, 6) is -0.332. The first-order chi connectivity index (χ1) is 18.0. The number of benzene rings is 2. The number of aromatic amines is 1. The maximum atomic E-state index is 13.1. The Kier molecular flexibility index (Phi) is 11.0. The van der Waals surface area contributed by atoms with Crippen molar-refractivity contribution in [2.24, 2.45) is 0 Å². The zero-order valence-corrected chi connectivity index (χ0v) is 21.2. The third kappa shape index (κ3) is 7.25. The van der Waals surface area contributed by atoms with E-state index in [4.69, 9.17) is 5.41 Å². The molecule has 192 valence electrons. The van der Waals surface area contributed by atoms with Gasteiger partial charge in [-0.05, 0) is 69.6 Å². The number of allylic oxidation sites excluding steroid dienone is 1. The number of H-pyrrole nitrogens is 1. The van der Waals surface area contributed by atoms with Crippen LogP contribution in [0, 0.1) is 21.3 Å². The van der Waals surface area contributed by atoms with Crippen molar-refractivity contribution in [2.45, 2.75) is 34.3 Å². The average molecular weight is 504 g/mol. The van der Waals surface area contributed by atoms with Crippen LogP contribution in [0.4, 0.5) is 10.2 Å². The van der Waals surface area contributed by atoms with E-state index in [9.17, 15) is 19.6 Å². The van der Waals surface area contributed by atoms with Gasteiger partial charge in [0, 0.05) is 5.56 Å². The van der Waals surface area contributed by atoms with Crippen LogP contribution in [0.25, 0.3) is 28.6 Å². The lowest BCUT2D eigenvalue weighted by Crippen LogP contribution is -1.96. The molecule has 0 radical (unpaired) electrons. The number of aliphatic hydroxyl groups excluding tert-OH is 1. The molecule has 8 nitrogen and oxygen atoms in total. The molecule has 2 aromatic heterocycles. The van der Waals surface area contributed by atoms with E-state index >= 15 is 0 Å². The summed E-state index contributed by atoms with van der Waals surface area (Å²) in [6, 6.07) is 15.8. The van der Waals surface area contributed by atoms with E-state index in [0.717, 1.165) is 5.56 Å². The van der Waals surface area contributed by atoms with Gasteiger partial charge < -0.3 is 25.6 Å². The Bertz CT molecular complexity index is 1350. The van der Waals surface area contributed by atoms with Crippen LogP contribution in [0.15, 0.2) is 72.9 Å². The van der Waals surface area contributed by atoms with Crippen molar-refractivity contribution in [3.63, 3.8) is 0 Å². The van der Waals surface area contributed by atoms with Gasteiger partial charge in [-0.25, -0.2) is 9.37 Å². The largest absolute Gasteiger partial charge is 0.392 e. The zero-order valence-electron chi connectivity index (χ0n) is 21.2. The van der Waals surface area contributed by atoms with Gasteiger partial charge in [0.05, 0.1) is 29.3 Å². The second-order valence-electron chi connectivity index (χ2n) is 7.09. The second-order valence-corrected chi connectivity index (χ2v) is 7.09. The number of hydrogen-bond acceptors (Lipinski definition) is 6. The summed E-state index contributed by atoms with van der Waals surface area (Å²) in [5, 5.41) is 29.0. The van der Waals surface area contributed by atoms with Crippen LogP contribution in [0.3, 0.4) is 0 Å². The summed E-state index contributed by atoms with van der Waals surface area (Å²) >= 11 is 0. The number of nitrogens with zero attached hydrogens (tertiary/aromatic N) is 3. The number of imidazole rings is 1. The lowest BCUT2D eigenvalue weighted by molar-refractivity contribution is -0.388. The molecule has 4 aromatic rings. The summed E-state index contributed by atoms with van der Waals surface area (Å²) in [5.41, 5.74) is 3.21. The Hall–Kier alpha value is -4.50. The zero-order chi connectivity index (χ0) is 27.4. The quantitative estimate of drug-likeness (QED) is 0.145. The molecule has 2 heterocycles. The van der Waals surface area contributed by atoms with Gasteiger partial charge in [-0.3, -0.25) is 0 Å². The minimum atomic E-state index is -0.561. The predicted octanol–water partition coefficient (Wildman–Crippen LogP) is 6.81. The van der Waals surface area contributed by atoms with Gasteiger partial charge in [0.15, 0.2) is 0 Å². The van der Waals surface area contributed by atoms with Crippen molar-refractivity contribution in [3.05, 3.63) is 106 Å². The van der Waals surface area contributed by atoms with Gasteiger partial charge in [0.2, 0.25) is 0 Å². The fourth-order valence-electron chi connectivity index (χ4n) is 3.27. The molecule has 3 N–H and O–H groups in total. The number of aliphatic hydroxyl groups is 1. The maximum Gasteiger partial charge on any atom is 0.372 e. The van der Waals surface area contributed by atoms with E-state index < -0.39 is 4.92 Å². The van der Waals surface area contributed by atoms with E-state index in [1.54, 1.807) is 42.5 Å². The van der Waals surface area contributed by atoms with Gasteiger partial charge >= 0.3 is 5.82 Å². The maximum absolute atomic E-state index is 13.1. The molecule has 0 spiro atoms. The third-order valence-electron chi connectivity index (χ3n) is 4.92. The summed E-state index contributed by atoms with van der Waals surface area (Å²) < 4.78 is 13.1. The van der Waals surface area contributed by atoms with E-state index in [-0.39, 0.29) is 29.5 Å². The van der Waals surface area contributed by atoms with Crippen LogP contribution < -0.4 is 0 Å². The minimum Gasteiger partial charge on any atom is -0.392 e. The highest BCUT2D eigenvalue weighted by Crippen LogP contribution is 2.34. The number of rotatable bonds is 7. The first-order valence-corrected chi connectivity index (χ1v) is 11.9. The Labute approximate surface area is 215 Å². The van der Waals surface area contributed by atoms with E-state index in [1.807, 2.05) is 27.7 Å². The molecule has 37 heavy (non-hydrogen) atoms. The summed E-state index contributed by atoms with van der Waals surface area (Å²) in [4.78, 5) is 22.5. The highest BCUT2D eigenvalue weighted by molar-refractivity contribution is 6.08. The SMILES string of the molecule is CC.CC.N=C(/C=C\c1nc(-c2ccc(CO)cc2)c(-c2cccnc2[N+](=O)[O-])[nH]1)c1ccc(F)cc1. The number of pyridine rings is 1. The Balaban J connectivity index is 0.00000115. The lowest BCUT2D eigenvalue weighted by atomic mass is 10.0. The Morgan fingerprint density at radius 1 is 1.08 bits per heavy atom. The average Bonchev–Trinajstić information content (AvgIpc) is 3.38. The van der Waals surface area contributed by atoms with E-state index in [2.05, 4.69) is 15.0 Å². The summed E-state index contributed by atoms with van der Waals surface area (Å²) in [6.07, 6.45) is 4.42. The molecular weight excluding hydrogens is 473 g/mol. The molecule has 0 unspecified atom stereocenters. The summed E-state index contributed by atoms with van der Waals surface area (Å²) in [7, 11) is 0. The molecule has 2 aromatic carbocycles. The number of nitro groups is 1. The van der Waals surface area contributed by atoms with Crippen molar-refractivity contribution in [3.8, 4) is 22.5 Å². The Morgan fingerprint density at radius 2 is 1.73 bits per heavy atom. The van der Waals surface area contributed by atoms with Crippen LogP contribution in [0.2, 0.25) is 0 Å². The first kappa shape index (κ1) is 28.7. The van der Waals surface area contributed by atoms with Gasteiger partial charge in [-0.15, -0.1) is 0 Å². The second kappa shape index (κ2) is 14.2. The molecule has 0 amide bonds. The smallest absolute Gasteiger partial charge is 0.372 e. The molecule has 4 rings (SSSR count). The topological polar surface area (TPSA) is 129 Å². The minimum absolute atomic E-state index is 0.110. The third-order valence-corrected chi connectivity index (χ3v) is 4.92. The van der Waals surface area contributed by atoms with Crippen molar-refractivity contribution >= 4 is 17.6 Å². The standard InChI is InChI=1S/C24H18FN5O3.2C2H6/c25-18-9-7-16(8-10-18)20(26)11-12-21-28-22(17-5-3-15(14-31)4-6-17)23(29-21)19-2-1-13-27-24(19)30(32)33;2*1-2/h1-13,26,31H,14H2,(H,28,29);2*1-2H3/b12-11-,26-20?;;. The highest BCUT2D eigenvalue weighted by Gasteiger charge is 2.22. The number of halogens is 1. The molecule has 0 saturated carbocycles. The van der Waals surface area contributed by atoms with E-state index in [0.29, 0.717) is 28.3 Å². The van der Waals surface area contributed by atoms with Crippen molar-refractivity contribution in [1.29, 1.82) is 5.41 Å². The van der Waals surface area contributed by atoms with Crippen molar-refractivity contribution < 1.29 is 14.4 Å². The van der Waals surface area contributed by atoms with E-state index in [1.165, 1.54) is 36.5 Å². The van der Waals surface area contributed by atoms with Gasteiger partial charge in [0.1, 0.15) is 17.8 Å². The van der Waals surface area contributed by atoms with Gasteiger partial charge in [-0.2, -0.15) is 0 Å². The Morgan fingerprint density at radius 3 is 2.32 bits per heavy atom. The lowest BCUT2D eigenvalue weighted by Gasteiger charge is -2.04. The molecule has 0 atom stereocenters. The molecule has 0 saturated heterocycles.